The Morgan fingerprint density at radius 1 is 1.35 bits per heavy atom. The third-order valence-corrected chi connectivity index (χ3v) is 2.80. The highest BCUT2D eigenvalue weighted by Crippen LogP contribution is 2.17. The first-order valence-corrected chi connectivity index (χ1v) is 5.87. The van der Waals surface area contributed by atoms with Crippen molar-refractivity contribution in [3.63, 3.8) is 0 Å². The molecule has 1 atom stereocenters. The summed E-state index contributed by atoms with van der Waals surface area (Å²) in [6.07, 6.45) is 3.76. The summed E-state index contributed by atoms with van der Waals surface area (Å²) in [5, 5.41) is 3.37. The van der Waals surface area contributed by atoms with E-state index in [1.165, 1.54) is 5.56 Å². The fourth-order valence-electron chi connectivity index (χ4n) is 1.82. The number of rotatable bonds is 5. The van der Waals surface area contributed by atoms with Gasteiger partial charge in [-0.1, -0.05) is 30.3 Å². The lowest BCUT2D eigenvalue weighted by atomic mass is 10.1. The summed E-state index contributed by atoms with van der Waals surface area (Å²) in [4.78, 5) is 4.30. The molecular weight excluding hydrogens is 212 g/mol. The molecule has 1 unspecified atom stereocenters. The second kappa shape index (κ2) is 5.50. The van der Waals surface area contributed by atoms with E-state index in [0.717, 1.165) is 12.5 Å². The maximum absolute atomic E-state index is 5.81. The van der Waals surface area contributed by atoms with Gasteiger partial charge in [0.05, 0.1) is 6.04 Å². The van der Waals surface area contributed by atoms with E-state index in [9.17, 15) is 0 Å². The number of nitrogens with one attached hydrogen (secondary N) is 1. The van der Waals surface area contributed by atoms with Gasteiger partial charge < -0.3 is 15.6 Å². The van der Waals surface area contributed by atoms with E-state index in [1.807, 2.05) is 24.4 Å². The van der Waals surface area contributed by atoms with Gasteiger partial charge in [-0.25, -0.2) is 4.98 Å². The monoisotopic (exact) mass is 230 g/mol. The van der Waals surface area contributed by atoms with Crippen LogP contribution in [-0.4, -0.2) is 16.1 Å². The minimum atomic E-state index is 0.101. The lowest BCUT2D eigenvalue weighted by Gasteiger charge is -2.18. The number of nitrogens with two attached hydrogens (primary N) is 1. The predicted octanol–water partition coefficient (Wildman–Crippen LogP) is 2.01. The molecule has 4 nitrogen and oxygen atoms in total. The summed E-state index contributed by atoms with van der Waals surface area (Å²) in [5.41, 5.74) is 6.99. The normalized spacial score (nSPS) is 12.4. The Hall–Kier alpha value is -1.81. The predicted molar refractivity (Wildman–Crippen MR) is 69.8 cm³/mol. The van der Waals surface area contributed by atoms with E-state index in [2.05, 4.69) is 33.9 Å². The van der Waals surface area contributed by atoms with Gasteiger partial charge in [0.25, 0.3) is 0 Å². The van der Waals surface area contributed by atoms with Gasteiger partial charge in [0.15, 0.2) is 0 Å². The second-order valence-corrected chi connectivity index (χ2v) is 3.88. The minimum absolute atomic E-state index is 0.101. The quantitative estimate of drug-likeness (QED) is 0.826. The number of anilines is 1. The van der Waals surface area contributed by atoms with Gasteiger partial charge in [-0.05, 0) is 12.5 Å². The van der Waals surface area contributed by atoms with Gasteiger partial charge >= 0.3 is 0 Å². The van der Waals surface area contributed by atoms with Crippen LogP contribution in [0.2, 0.25) is 0 Å². The highest BCUT2D eigenvalue weighted by atomic mass is 15.2. The Morgan fingerprint density at radius 3 is 2.76 bits per heavy atom. The van der Waals surface area contributed by atoms with Gasteiger partial charge in [0, 0.05) is 25.5 Å². The fourth-order valence-corrected chi connectivity index (χ4v) is 1.82. The van der Waals surface area contributed by atoms with Crippen molar-refractivity contribution >= 4 is 5.95 Å². The third-order valence-electron chi connectivity index (χ3n) is 2.80. The van der Waals surface area contributed by atoms with Crippen LogP contribution < -0.4 is 11.1 Å². The molecular formula is C13H18N4. The maximum atomic E-state index is 5.81. The topological polar surface area (TPSA) is 55.9 Å². The van der Waals surface area contributed by atoms with Crippen LogP contribution in [0.4, 0.5) is 5.95 Å². The van der Waals surface area contributed by atoms with E-state index < -0.39 is 0 Å². The molecule has 4 heteroatoms. The zero-order chi connectivity index (χ0) is 12.1. The van der Waals surface area contributed by atoms with Crippen LogP contribution in [0.5, 0.6) is 0 Å². The van der Waals surface area contributed by atoms with Crippen molar-refractivity contribution in [2.45, 2.75) is 19.5 Å². The molecule has 0 amide bonds. The number of imidazole rings is 1. The van der Waals surface area contributed by atoms with Gasteiger partial charge in [-0.3, -0.25) is 0 Å². The Balaban J connectivity index is 2.16. The summed E-state index contributed by atoms with van der Waals surface area (Å²) < 4.78 is 2.06. The van der Waals surface area contributed by atoms with Crippen molar-refractivity contribution in [1.82, 2.24) is 9.55 Å². The number of hydrogen-bond acceptors (Lipinski definition) is 3. The molecule has 0 bridgehead atoms. The molecule has 1 aromatic carbocycles. The summed E-state index contributed by atoms with van der Waals surface area (Å²) in [5.74, 6) is 0.867. The van der Waals surface area contributed by atoms with Crippen LogP contribution in [0, 0.1) is 0 Å². The first-order valence-electron chi connectivity index (χ1n) is 5.87. The third kappa shape index (κ3) is 2.65. The number of benzene rings is 1. The molecule has 0 spiro atoms. The minimum Gasteiger partial charge on any atom is -0.348 e. The Morgan fingerprint density at radius 2 is 2.12 bits per heavy atom. The number of aryl methyl sites for hydroxylation is 1. The van der Waals surface area contributed by atoms with Crippen molar-refractivity contribution in [3.05, 3.63) is 48.3 Å². The summed E-state index contributed by atoms with van der Waals surface area (Å²) >= 11 is 0. The number of hydrogen-bond donors (Lipinski definition) is 2. The largest absolute Gasteiger partial charge is 0.348 e. The average Bonchev–Trinajstić information content (AvgIpc) is 2.84. The smallest absolute Gasteiger partial charge is 0.203 e. The van der Waals surface area contributed by atoms with Crippen molar-refractivity contribution in [3.8, 4) is 0 Å². The van der Waals surface area contributed by atoms with Gasteiger partial charge in [-0.2, -0.15) is 0 Å². The summed E-state index contributed by atoms with van der Waals surface area (Å²) in [6.45, 7) is 3.53. The van der Waals surface area contributed by atoms with Crippen LogP contribution in [0.15, 0.2) is 42.7 Å². The molecule has 0 saturated heterocycles. The van der Waals surface area contributed by atoms with E-state index in [4.69, 9.17) is 5.73 Å². The van der Waals surface area contributed by atoms with Crippen molar-refractivity contribution in [1.29, 1.82) is 0 Å². The molecule has 0 fully saturated rings. The standard InChI is InChI=1S/C13H18N4/c1-2-17-9-8-15-13(17)16-12(10-14)11-6-4-3-5-7-11/h3-9,12H,2,10,14H2,1H3,(H,15,16). The molecule has 1 heterocycles. The van der Waals surface area contributed by atoms with E-state index in [1.54, 1.807) is 6.20 Å². The van der Waals surface area contributed by atoms with Gasteiger partial charge in [0.1, 0.15) is 0 Å². The maximum Gasteiger partial charge on any atom is 0.203 e. The molecule has 0 saturated carbocycles. The Labute approximate surface area is 101 Å². The molecule has 0 radical (unpaired) electrons. The zero-order valence-corrected chi connectivity index (χ0v) is 10.0. The molecule has 2 rings (SSSR count). The number of nitrogens with zero attached hydrogens (tertiary/aromatic N) is 2. The Bertz CT molecular complexity index is 449. The fraction of sp³-hybridized carbons (Fsp3) is 0.308. The number of aromatic nitrogens is 2. The lowest BCUT2D eigenvalue weighted by molar-refractivity contribution is 0.722. The molecule has 0 aliphatic rings. The first kappa shape index (κ1) is 11.7. The van der Waals surface area contributed by atoms with Gasteiger partial charge in [0.2, 0.25) is 5.95 Å². The van der Waals surface area contributed by atoms with Crippen molar-refractivity contribution in [2.24, 2.45) is 5.73 Å². The molecule has 0 aliphatic carbocycles. The Kier molecular flexibility index (Phi) is 3.77. The van der Waals surface area contributed by atoms with Crippen LogP contribution >= 0.6 is 0 Å². The summed E-state index contributed by atoms with van der Waals surface area (Å²) in [7, 11) is 0. The molecule has 2 aromatic rings. The molecule has 1 aromatic heterocycles. The van der Waals surface area contributed by atoms with Gasteiger partial charge in [-0.15, -0.1) is 0 Å². The SMILES string of the molecule is CCn1ccnc1NC(CN)c1ccccc1. The first-order chi connectivity index (χ1) is 8.35. The van der Waals surface area contributed by atoms with Crippen molar-refractivity contribution in [2.75, 3.05) is 11.9 Å². The average molecular weight is 230 g/mol. The van der Waals surface area contributed by atoms with Crippen LogP contribution in [0.1, 0.15) is 18.5 Å². The van der Waals surface area contributed by atoms with E-state index in [0.29, 0.717) is 6.54 Å². The molecule has 90 valence electrons. The zero-order valence-electron chi connectivity index (χ0n) is 10.0. The summed E-state index contributed by atoms with van der Waals surface area (Å²) in [6, 6.07) is 10.3. The lowest BCUT2D eigenvalue weighted by Crippen LogP contribution is -2.22. The highest BCUT2D eigenvalue weighted by Gasteiger charge is 2.11. The van der Waals surface area contributed by atoms with Crippen LogP contribution in [-0.2, 0) is 6.54 Å². The molecule has 0 aliphatic heterocycles. The van der Waals surface area contributed by atoms with Crippen LogP contribution in [0.3, 0.4) is 0 Å². The van der Waals surface area contributed by atoms with Crippen molar-refractivity contribution < 1.29 is 0 Å². The highest BCUT2D eigenvalue weighted by molar-refractivity contribution is 5.33. The van der Waals surface area contributed by atoms with E-state index in [-0.39, 0.29) is 6.04 Å². The molecule has 17 heavy (non-hydrogen) atoms. The second-order valence-electron chi connectivity index (χ2n) is 3.88. The van der Waals surface area contributed by atoms with Crippen LogP contribution in [0.25, 0.3) is 0 Å². The van der Waals surface area contributed by atoms with E-state index >= 15 is 0 Å². The molecule has 3 N–H and O–H groups in total.